The maximum atomic E-state index is 10.2. The van der Waals surface area contributed by atoms with Crippen molar-refractivity contribution in [3.63, 3.8) is 0 Å². The van der Waals surface area contributed by atoms with Gasteiger partial charge in [0.2, 0.25) is 0 Å². The molecule has 0 fully saturated rings. The molecule has 0 aliphatic rings. The van der Waals surface area contributed by atoms with Gasteiger partial charge < -0.3 is 10.4 Å². The van der Waals surface area contributed by atoms with Crippen LogP contribution in [-0.2, 0) is 0 Å². The molecule has 3 heteroatoms. The van der Waals surface area contributed by atoms with E-state index in [0.717, 1.165) is 12.3 Å². The molecule has 19 heavy (non-hydrogen) atoms. The van der Waals surface area contributed by atoms with Crippen LogP contribution in [0.4, 0.5) is 0 Å². The molecule has 0 saturated heterocycles. The van der Waals surface area contributed by atoms with Gasteiger partial charge in [0.05, 0.1) is 5.60 Å². The summed E-state index contributed by atoms with van der Waals surface area (Å²) in [6.07, 6.45) is 2.02. The first kappa shape index (κ1) is 16.5. The highest BCUT2D eigenvalue weighted by Gasteiger charge is 2.21. The second-order valence-corrected chi connectivity index (χ2v) is 6.69. The van der Waals surface area contributed by atoms with Crippen LogP contribution in [0.1, 0.15) is 32.3 Å². The van der Waals surface area contributed by atoms with Crippen LogP contribution in [0.25, 0.3) is 0 Å². The molecule has 0 aliphatic heterocycles. The van der Waals surface area contributed by atoms with E-state index in [4.69, 9.17) is 0 Å². The van der Waals surface area contributed by atoms with Gasteiger partial charge in [-0.2, -0.15) is 11.8 Å². The average molecular weight is 281 g/mol. The van der Waals surface area contributed by atoms with Crippen molar-refractivity contribution in [3.05, 3.63) is 35.9 Å². The van der Waals surface area contributed by atoms with Crippen molar-refractivity contribution >= 4 is 11.8 Å². The largest absolute Gasteiger partial charge is 0.388 e. The predicted molar refractivity (Wildman–Crippen MR) is 85.9 cm³/mol. The molecule has 0 aromatic heterocycles. The lowest BCUT2D eigenvalue weighted by Gasteiger charge is -2.26. The SMILES string of the molecule is CSCC(C)(O)CNCC(c1ccccc1)C(C)C. The number of aliphatic hydroxyl groups is 1. The second kappa shape index (κ2) is 7.93. The number of nitrogens with one attached hydrogen (secondary N) is 1. The summed E-state index contributed by atoms with van der Waals surface area (Å²) in [5.74, 6) is 1.84. The number of thioether (sulfide) groups is 1. The van der Waals surface area contributed by atoms with E-state index in [1.807, 2.05) is 13.2 Å². The maximum absolute atomic E-state index is 10.2. The summed E-state index contributed by atoms with van der Waals surface area (Å²) in [5.41, 5.74) is 0.743. The molecule has 2 unspecified atom stereocenters. The fourth-order valence-electron chi connectivity index (χ4n) is 2.30. The summed E-state index contributed by atoms with van der Waals surface area (Å²) in [4.78, 5) is 0. The van der Waals surface area contributed by atoms with Crippen molar-refractivity contribution < 1.29 is 5.11 Å². The van der Waals surface area contributed by atoms with Crippen LogP contribution in [0.2, 0.25) is 0 Å². The van der Waals surface area contributed by atoms with Gasteiger partial charge in [-0.05, 0) is 30.6 Å². The molecule has 1 aromatic carbocycles. The van der Waals surface area contributed by atoms with E-state index in [1.165, 1.54) is 5.56 Å². The standard InChI is InChI=1S/C16H27NOS/c1-13(2)15(14-8-6-5-7-9-14)10-17-11-16(3,18)12-19-4/h5-9,13,15,17-18H,10-12H2,1-4H3. The van der Waals surface area contributed by atoms with Crippen LogP contribution in [0.15, 0.2) is 30.3 Å². The smallest absolute Gasteiger partial charge is 0.0833 e. The third-order valence-electron chi connectivity index (χ3n) is 3.36. The zero-order valence-corrected chi connectivity index (χ0v) is 13.3. The van der Waals surface area contributed by atoms with Crippen molar-refractivity contribution in [2.75, 3.05) is 25.1 Å². The van der Waals surface area contributed by atoms with Crippen LogP contribution in [0.3, 0.4) is 0 Å². The highest BCUT2D eigenvalue weighted by atomic mass is 32.2. The Kier molecular flexibility index (Phi) is 6.90. The zero-order valence-electron chi connectivity index (χ0n) is 12.5. The van der Waals surface area contributed by atoms with Crippen LogP contribution >= 0.6 is 11.8 Å². The summed E-state index contributed by atoms with van der Waals surface area (Å²) >= 11 is 1.68. The molecular formula is C16H27NOS. The summed E-state index contributed by atoms with van der Waals surface area (Å²) in [5, 5.41) is 13.6. The molecule has 0 amide bonds. The van der Waals surface area contributed by atoms with Gasteiger partial charge in [0, 0.05) is 18.8 Å². The molecule has 0 saturated carbocycles. The Hall–Kier alpha value is -0.510. The molecule has 108 valence electrons. The quantitative estimate of drug-likeness (QED) is 0.768. The maximum Gasteiger partial charge on any atom is 0.0833 e. The number of benzene rings is 1. The van der Waals surface area contributed by atoms with Gasteiger partial charge >= 0.3 is 0 Å². The topological polar surface area (TPSA) is 32.3 Å². The van der Waals surface area contributed by atoms with Gasteiger partial charge in [0.1, 0.15) is 0 Å². The van der Waals surface area contributed by atoms with Crippen LogP contribution in [0, 0.1) is 5.92 Å². The number of hydrogen-bond acceptors (Lipinski definition) is 3. The van der Waals surface area contributed by atoms with Crippen molar-refractivity contribution in [2.45, 2.75) is 32.3 Å². The predicted octanol–water partition coefficient (Wildman–Crippen LogP) is 3.13. The molecule has 0 radical (unpaired) electrons. The Balaban J connectivity index is 2.52. The van der Waals surface area contributed by atoms with Crippen molar-refractivity contribution in [1.29, 1.82) is 0 Å². The molecule has 0 aliphatic carbocycles. The van der Waals surface area contributed by atoms with Crippen LogP contribution in [0.5, 0.6) is 0 Å². The Morgan fingerprint density at radius 1 is 1.26 bits per heavy atom. The van der Waals surface area contributed by atoms with E-state index in [2.05, 4.69) is 49.5 Å². The lowest BCUT2D eigenvalue weighted by atomic mass is 9.88. The van der Waals surface area contributed by atoms with E-state index < -0.39 is 5.60 Å². The first-order valence-electron chi connectivity index (χ1n) is 6.93. The highest BCUT2D eigenvalue weighted by molar-refractivity contribution is 7.98. The van der Waals surface area contributed by atoms with Gasteiger partial charge in [0.15, 0.2) is 0 Å². The third kappa shape index (κ3) is 5.98. The lowest BCUT2D eigenvalue weighted by molar-refractivity contribution is 0.0841. The zero-order chi connectivity index (χ0) is 14.3. The fourth-order valence-corrected chi connectivity index (χ4v) is 3.02. The van der Waals surface area contributed by atoms with Crippen LogP contribution < -0.4 is 5.32 Å². The Bertz CT molecular complexity index is 351. The molecule has 1 rings (SSSR count). The lowest BCUT2D eigenvalue weighted by Crippen LogP contribution is -2.41. The monoisotopic (exact) mass is 281 g/mol. The summed E-state index contributed by atoms with van der Waals surface area (Å²) in [6, 6.07) is 10.6. The van der Waals surface area contributed by atoms with Gasteiger partial charge in [-0.3, -0.25) is 0 Å². The Labute approximate surface area is 122 Å². The van der Waals surface area contributed by atoms with Gasteiger partial charge in [-0.15, -0.1) is 0 Å². The number of rotatable bonds is 8. The van der Waals surface area contributed by atoms with E-state index in [1.54, 1.807) is 11.8 Å². The summed E-state index contributed by atoms with van der Waals surface area (Å²) < 4.78 is 0. The van der Waals surface area contributed by atoms with Gasteiger partial charge in [0.25, 0.3) is 0 Å². The minimum absolute atomic E-state index is 0.492. The van der Waals surface area contributed by atoms with E-state index in [-0.39, 0.29) is 0 Å². The Morgan fingerprint density at radius 2 is 1.89 bits per heavy atom. The Morgan fingerprint density at radius 3 is 2.42 bits per heavy atom. The van der Waals surface area contributed by atoms with Crippen molar-refractivity contribution in [2.24, 2.45) is 5.92 Å². The van der Waals surface area contributed by atoms with E-state index in [0.29, 0.717) is 18.4 Å². The molecule has 2 atom stereocenters. The minimum atomic E-state index is -0.627. The third-order valence-corrected chi connectivity index (χ3v) is 4.27. The van der Waals surface area contributed by atoms with Crippen LogP contribution in [-0.4, -0.2) is 35.8 Å². The van der Waals surface area contributed by atoms with Crippen molar-refractivity contribution in [1.82, 2.24) is 5.32 Å². The molecule has 0 bridgehead atoms. The molecule has 2 nitrogen and oxygen atoms in total. The molecule has 2 N–H and O–H groups in total. The van der Waals surface area contributed by atoms with E-state index in [9.17, 15) is 5.11 Å². The molecule has 0 spiro atoms. The average Bonchev–Trinajstić information content (AvgIpc) is 2.35. The molecule has 0 heterocycles. The first-order valence-corrected chi connectivity index (χ1v) is 8.32. The second-order valence-electron chi connectivity index (χ2n) is 5.82. The molecule has 1 aromatic rings. The van der Waals surface area contributed by atoms with Crippen molar-refractivity contribution in [3.8, 4) is 0 Å². The minimum Gasteiger partial charge on any atom is -0.388 e. The van der Waals surface area contributed by atoms with Gasteiger partial charge in [-0.1, -0.05) is 44.2 Å². The summed E-state index contributed by atoms with van der Waals surface area (Å²) in [7, 11) is 0. The highest BCUT2D eigenvalue weighted by Crippen LogP contribution is 2.23. The molecular weight excluding hydrogens is 254 g/mol. The fraction of sp³-hybridized carbons (Fsp3) is 0.625. The first-order chi connectivity index (χ1) is 8.96. The van der Waals surface area contributed by atoms with E-state index >= 15 is 0 Å². The normalized spacial score (nSPS) is 16.3. The van der Waals surface area contributed by atoms with Gasteiger partial charge in [-0.25, -0.2) is 0 Å². The summed E-state index contributed by atoms with van der Waals surface area (Å²) in [6.45, 7) is 7.94. The number of hydrogen-bond donors (Lipinski definition) is 2.